The second-order valence-electron chi connectivity index (χ2n) is 12.1. The van der Waals surface area contributed by atoms with E-state index in [1.54, 1.807) is 60.7 Å². The first-order chi connectivity index (χ1) is 23.2. The van der Waals surface area contributed by atoms with Gasteiger partial charge in [0.2, 0.25) is 17.7 Å². The maximum Gasteiger partial charge on any atom is 0.355 e. The van der Waals surface area contributed by atoms with E-state index >= 15 is 0 Å². The molecule has 1 saturated heterocycles. The highest BCUT2D eigenvalue weighted by molar-refractivity contribution is 5.93. The van der Waals surface area contributed by atoms with E-state index in [0.717, 1.165) is 5.01 Å². The van der Waals surface area contributed by atoms with Crippen LogP contribution in [0.3, 0.4) is 0 Å². The first kappa shape index (κ1) is 37.8. The minimum absolute atomic E-state index is 0.0567. The molecule has 1 heterocycles. The molecule has 7 N–H and O–H groups in total. The molecule has 0 bridgehead atoms. The Hall–Kier alpha value is -5.67. The van der Waals surface area contributed by atoms with Crippen molar-refractivity contribution in [1.29, 1.82) is 0 Å². The lowest BCUT2D eigenvalue weighted by atomic mass is 10.0. The van der Waals surface area contributed by atoms with Crippen molar-refractivity contribution < 1.29 is 38.7 Å². The van der Waals surface area contributed by atoms with Crippen molar-refractivity contribution in [1.82, 2.24) is 36.4 Å². The fourth-order valence-corrected chi connectivity index (χ4v) is 5.23. The average molecular weight is 681 g/mol. The molecule has 2 aromatic carbocycles. The second-order valence-corrected chi connectivity index (χ2v) is 12.1. The Bertz CT molecular complexity index is 1490. The van der Waals surface area contributed by atoms with E-state index in [4.69, 9.17) is 5.73 Å². The molecule has 0 radical (unpaired) electrons. The van der Waals surface area contributed by atoms with E-state index in [2.05, 4.69) is 21.4 Å². The number of aliphatic carboxylic acids is 1. The standard InChI is InChI=1S/C33H44N8O8/c1-21(2)17-27(35-22(3)42)31(47)40-15-10-16-41(40)33(49)38-39(20-24-13-8-5-9-14-24)32(48)37-26(18-23-11-6-4-7-12-23)30(46)36-25(29(34)45)19-28(43)44/h4-9,11-14,21,25-27H,10,15-20H2,1-3H3,(H2,34,45)(H,35,42)(H,36,46)(H,37,48)(H,38,49)(H,43,44)/t25-,26-,27-/m0/s1. The molecule has 49 heavy (non-hydrogen) atoms. The van der Waals surface area contributed by atoms with Crippen molar-refractivity contribution in [3.63, 3.8) is 0 Å². The van der Waals surface area contributed by atoms with Crippen molar-refractivity contribution in [2.24, 2.45) is 11.7 Å². The summed E-state index contributed by atoms with van der Waals surface area (Å²) in [6.45, 7) is 5.33. The molecule has 16 nitrogen and oxygen atoms in total. The monoisotopic (exact) mass is 680 g/mol. The van der Waals surface area contributed by atoms with Crippen LogP contribution in [-0.4, -0.2) is 93.0 Å². The minimum atomic E-state index is -1.55. The van der Waals surface area contributed by atoms with Gasteiger partial charge in [-0.25, -0.2) is 30.0 Å². The topological polar surface area (TPSA) is 224 Å². The average Bonchev–Trinajstić information content (AvgIpc) is 3.54. The molecule has 2 aromatic rings. The third kappa shape index (κ3) is 11.8. The van der Waals surface area contributed by atoms with Gasteiger partial charge >= 0.3 is 18.0 Å². The van der Waals surface area contributed by atoms with Gasteiger partial charge in [0.05, 0.1) is 13.0 Å². The third-order valence-corrected chi connectivity index (χ3v) is 7.50. The second kappa shape index (κ2) is 18.0. The number of primary amides is 1. The van der Waals surface area contributed by atoms with Gasteiger partial charge in [0, 0.05) is 26.4 Å². The zero-order valence-corrected chi connectivity index (χ0v) is 27.8. The Morgan fingerprint density at radius 1 is 0.816 bits per heavy atom. The first-order valence-corrected chi connectivity index (χ1v) is 15.9. The van der Waals surface area contributed by atoms with Crippen molar-refractivity contribution in [3.8, 4) is 0 Å². The quantitative estimate of drug-likeness (QED) is 0.157. The number of hydrazine groups is 2. The number of amides is 8. The summed E-state index contributed by atoms with van der Waals surface area (Å²) in [5, 5.41) is 20.1. The summed E-state index contributed by atoms with van der Waals surface area (Å²) < 4.78 is 0. The molecule has 1 aliphatic heterocycles. The van der Waals surface area contributed by atoms with Crippen LogP contribution >= 0.6 is 0 Å². The van der Waals surface area contributed by atoms with Crippen LogP contribution in [0.15, 0.2) is 60.7 Å². The maximum atomic E-state index is 13.9. The summed E-state index contributed by atoms with van der Waals surface area (Å²) in [6.07, 6.45) is -0.0246. The van der Waals surface area contributed by atoms with Gasteiger partial charge in [0.1, 0.15) is 18.1 Å². The van der Waals surface area contributed by atoms with Crippen molar-refractivity contribution in [2.75, 3.05) is 13.1 Å². The predicted octanol–water partition coefficient (Wildman–Crippen LogP) is 0.879. The lowest BCUT2D eigenvalue weighted by molar-refractivity contribution is -0.144. The molecule has 0 aliphatic carbocycles. The van der Waals surface area contributed by atoms with Crippen LogP contribution in [0.1, 0.15) is 51.2 Å². The molecule has 0 aromatic heterocycles. The molecule has 1 fully saturated rings. The number of nitrogens with one attached hydrogen (secondary N) is 4. The highest BCUT2D eigenvalue weighted by Crippen LogP contribution is 2.17. The van der Waals surface area contributed by atoms with Crippen LogP contribution in [0, 0.1) is 5.92 Å². The highest BCUT2D eigenvalue weighted by atomic mass is 16.4. The predicted molar refractivity (Wildman–Crippen MR) is 176 cm³/mol. The maximum absolute atomic E-state index is 13.9. The summed E-state index contributed by atoms with van der Waals surface area (Å²) in [4.78, 5) is 89.5. The Morgan fingerprint density at radius 2 is 1.41 bits per heavy atom. The van der Waals surface area contributed by atoms with Crippen LogP contribution < -0.4 is 27.1 Å². The summed E-state index contributed by atoms with van der Waals surface area (Å²) in [5.74, 6) is -4.11. The minimum Gasteiger partial charge on any atom is -0.481 e. The number of carbonyl (C=O) groups excluding carboxylic acids is 6. The van der Waals surface area contributed by atoms with E-state index in [-0.39, 0.29) is 37.9 Å². The largest absolute Gasteiger partial charge is 0.481 e. The SMILES string of the molecule is CC(=O)N[C@@H](CC(C)C)C(=O)N1CCCN1C(=O)NN(Cc1ccccc1)C(=O)N[C@@H](Cc1ccccc1)C(=O)N[C@@H](CC(=O)O)C(N)=O. The van der Waals surface area contributed by atoms with Crippen LogP contribution in [0.2, 0.25) is 0 Å². The molecule has 1 aliphatic rings. The van der Waals surface area contributed by atoms with Gasteiger partial charge in [-0.05, 0) is 29.9 Å². The number of nitrogens with zero attached hydrogens (tertiary/aromatic N) is 3. The fraction of sp³-hybridized carbons (Fsp3) is 0.424. The molecule has 16 heteroatoms. The zero-order valence-electron chi connectivity index (χ0n) is 27.8. The van der Waals surface area contributed by atoms with Crippen molar-refractivity contribution in [2.45, 2.75) is 71.1 Å². The van der Waals surface area contributed by atoms with Crippen molar-refractivity contribution >= 4 is 41.7 Å². The number of rotatable bonds is 14. The molecule has 3 atom stereocenters. The Labute approximate surface area is 284 Å². The van der Waals surface area contributed by atoms with Crippen LogP contribution in [-0.2, 0) is 36.9 Å². The molecule has 264 valence electrons. The number of hydrogen-bond donors (Lipinski definition) is 6. The van der Waals surface area contributed by atoms with E-state index in [1.165, 1.54) is 16.9 Å². The number of urea groups is 2. The number of carboxylic acid groups (broad SMARTS) is 1. The van der Waals surface area contributed by atoms with Gasteiger partial charge in [0.15, 0.2) is 0 Å². The van der Waals surface area contributed by atoms with Gasteiger partial charge in [-0.1, -0.05) is 74.5 Å². The van der Waals surface area contributed by atoms with Crippen LogP contribution in [0.5, 0.6) is 0 Å². The van der Waals surface area contributed by atoms with E-state index < -0.39 is 60.3 Å². The zero-order chi connectivity index (χ0) is 36.1. The van der Waals surface area contributed by atoms with Crippen molar-refractivity contribution in [3.05, 3.63) is 71.8 Å². The fourth-order valence-electron chi connectivity index (χ4n) is 5.23. The molecular weight excluding hydrogens is 636 g/mol. The number of hydrogen-bond acceptors (Lipinski definition) is 7. The summed E-state index contributed by atoms with van der Waals surface area (Å²) in [7, 11) is 0. The molecule has 0 saturated carbocycles. The van der Waals surface area contributed by atoms with Gasteiger partial charge in [0.25, 0.3) is 5.91 Å². The van der Waals surface area contributed by atoms with Crippen LogP contribution in [0.25, 0.3) is 0 Å². The van der Waals surface area contributed by atoms with Crippen LogP contribution in [0.4, 0.5) is 9.59 Å². The Morgan fingerprint density at radius 3 is 1.96 bits per heavy atom. The van der Waals surface area contributed by atoms with Gasteiger partial charge < -0.3 is 26.8 Å². The smallest absolute Gasteiger partial charge is 0.355 e. The molecule has 8 amide bonds. The molecular formula is C33H44N8O8. The molecule has 0 spiro atoms. The normalized spacial score (nSPS) is 14.3. The molecule has 3 rings (SSSR count). The number of nitrogens with two attached hydrogens (primary N) is 1. The van der Waals surface area contributed by atoms with E-state index in [1.807, 2.05) is 13.8 Å². The Balaban J connectivity index is 1.87. The molecule has 0 unspecified atom stereocenters. The van der Waals surface area contributed by atoms with E-state index in [9.17, 15) is 38.7 Å². The summed E-state index contributed by atoms with van der Waals surface area (Å²) >= 11 is 0. The number of carbonyl (C=O) groups is 7. The lowest BCUT2D eigenvalue weighted by Crippen LogP contribution is -2.61. The summed E-state index contributed by atoms with van der Waals surface area (Å²) in [6, 6.07) is 11.9. The highest BCUT2D eigenvalue weighted by Gasteiger charge is 2.37. The summed E-state index contributed by atoms with van der Waals surface area (Å²) in [5.41, 5.74) is 9.13. The number of carboxylic acids is 1. The van der Waals surface area contributed by atoms with Gasteiger partial charge in [-0.3, -0.25) is 24.0 Å². The third-order valence-electron chi connectivity index (χ3n) is 7.50. The lowest BCUT2D eigenvalue weighted by Gasteiger charge is -2.34. The van der Waals surface area contributed by atoms with Gasteiger partial charge in [-0.2, -0.15) is 0 Å². The van der Waals surface area contributed by atoms with Gasteiger partial charge in [-0.15, -0.1) is 0 Å². The Kier molecular flexibility index (Phi) is 13.9. The van der Waals surface area contributed by atoms with E-state index in [0.29, 0.717) is 24.0 Å². The first-order valence-electron chi connectivity index (χ1n) is 15.9. The number of benzene rings is 2.